The summed E-state index contributed by atoms with van der Waals surface area (Å²) in [5.74, 6) is -1.50. The molecule has 1 heterocycles. The Hall–Kier alpha value is -2.31. The maximum Gasteiger partial charge on any atom is 0.305 e. The average molecular weight is 296 g/mol. The molecular formula is C14H20N2O5. The molecule has 0 fully saturated rings. The molecule has 0 aromatic carbocycles. The summed E-state index contributed by atoms with van der Waals surface area (Å²) < 4.78 is 4.99. The standard InChI is InChI=1S/C14H20N2O5/c1-10(2)16(7-6-13(18)19)12(17)9-15(3)14(20)11-5-4-8-21-11/h4-5,8,10H,6-7,9H2,1-3H3,(H,18,19). The van der Waals surface area contributed by atoms with Gasteiger partial charge in [-0.1, -0.05) is 0 Å². The second-order valence-corrected chi connectivity index (χ2v) is 4.96. The van der Waals surface area contributed by atoms with E-state index in [-0.39, 0.29) is 37.2 Å². The summed E-state index contributed by atoms with van der Waals surface area (Å²) in [7, 11) is 1.50. The van der Waals surface area contributed by atoms with Gasteiger partial charge in [-0.05, 0) is 26.0 Å². The number of hydrogen-bond donors (Lipinski definition) is 1. The molecule has 1 aromatic rings. The predicted octanol–water partition coefficient (Wildman–Crippen LogP) is 1.06. The summed E-state index contributed by atoms with van der Waals surface area (Å²) in [6.45, 7) is 3.59. The zero-order valence-electron chi connectivity index (χ0n) is 12.4. The molecule has 0 aliphatic carbocycles. The summed E-state index contributed by atoms with van der Waals surface area (Å²) in [5.41, 5.74) is 0. The Kier molecular flexibility index (Phi) is 5.95. The van der Waals surface area contributed by atoms with Gasteiger partial charge in [-0.3, -0.25) is 14.4 Å². The number of nitrogens with zero attached hydrogens (tertiary/aromatic N) is 2. The van der Waals surface area contributed by atoms with Crippen LogP contribution in [0.1, 0.15) is 30.8 Å². The van der Waals surface area contributed by atoms with E-state index in [1.54, 1.807) is 19.9 Å². The maximum atomic E-state index is 12.2. The summed E-state index contributed by atoms with van der Waals surface area (Å²) in [6.07, 6.45) is 1.26. The van der Waals surface area contributed by atoms with Crippen molar-refractivity contribution in [2.45, 2.75) is 26.3 Å². The van der Waals surface area contributed by atoms with E-state index in [1.165, 1.54) is 29.2 Å². The van der Waals surface area contributed by atoms with Gasteiger partial charge in [0.2, 0.25) is 5.91 Å². The molecule has 7 nitrogen and oxygen atoms in total. The van der Waals surface area contributed by atoms with Crippen molar-refractivity contribution in [3.8, 4) is 0 Å². The molecule has 0 radical (unpaired) electrons. The summed E-state index contributed by atoms with van der Waals surface area (Å²) in [4.78, 5) is 37.5. The molecule has 0 aliphatic rings. The number of carbonyl (C=O) groups excluding carboxylic acids is 2. The van der Waals surface area contributed by atoms with Gasteiger partial charge in [0.1, 0.15) is 0 Å². The maximum absolute atomic E-state index is 12.2. The molecular weight excluding hydrogens is 276 g/mol. The minimum atomic E-state index is -0.964. The zero-order chi connectivity index (χ0) is 16.0. The molecule has 1 N–H and O–H groups in total. The van der Waals surface area contributed by atoms with Crippen molar-refractivity contribution in [3.63, 3.8) is 0 Å². The highest BCUT2D eigenvalue weighted by molar-refractivity contribution is 5.94. The van der Waals surface area contributed by atoms with Crippen molar-refractivity contribution in [3.05, 3.63) is 24.2 Å². The van der Waals surface area contributed by atoms with Crippen LogP contribution in [0.2, 0.25) is 0 Å². The summed E-state index contributed by atoms with van der Waals surface area (Å²) in [5, 5.41) is 8.71. The lowest BCUT2D eigenvalue weighted by atomic mass is 10.2. The Bertz CT molecular complexity index is 495. The highest BCUT2D eigenvalue weighted by Gasteiger charge is 2.22. The number of carbonyl (C=O) groups is 3. The second kappa shape index (κ2) is 7.47. The van der Waals surface area contributed by atoms with E-state index in [2.05, 4.69) is 0 Å². The highest BCUT2D eigenvalue weighted by Crippen LogP contribution is 2.06. The topological polar surface area (TPSA) is 91.1 Å². The van der Waals surface area contributed by atoms with Gasteiger partial charge in [0.25, 0.3) is 5.91 Å². The van der Waals surface area contributed by atoms with Crippen LogP contribution in [-0.2, 0) is 9.59 Å². The van der Waals surface area contributed by atoms with Crippen LogP contribution in [0, 0.1) is 0 Å². The van der Waals surface area contributed by atoms with Gasteiger partial charge >= 0.3 is 5.97 Å². The van der Waals surface area contributed by atoms with Crippen LogP contribution in [0.25, 0.3) is 0 Å². The first-order valence-electron chi connectivity index (χ1n) is 6.63. The predicted molar refractivity (Wildman–Crippen MR) is 74.8 cm³/mol. The second-order valence-electron chi connectivity index (χ2n) is 4.96. The number of likely N-dealkylation sites (N-methyl/N-ethyl adjacent to an activating group) is 1. The van der Waals surface area contributed by atoms with Crippen LogP contribution in [0.4, 0.5) is 0 Å². The summed E-state index contributed by atoms with van der Waals surface area (Å²) in [6, 6.07) is 2.98. The molecule has 7 heteroatoms. The van der Waals surface area contributed by atoms with Gasteiger partial charge in [-0.2, -0.15) is 0 Å². The van der Waals surface area contributed by atoms with Gasteiger partial charge in [0.05, 0.1) is 19.2 Å². The molecule has 0 unspecified atom stereocenters. The van der Waals surface area contributed by atoms with Gasteiger partial charge < -0.3 is 19.3 Å². The molecule has 0 spiro atoms. The Morgan fingerprint density at radius 3 is 2.48 bits per heavy atom. The number of amides is 2. The van der Waals surface area contributed by atoms with Crippen molar-refractivity contribution >= 4 is 17.8 Å². The molecule has 1 aromatic heterocycles. The number of carboxylic acids is 1. The van der Waals surface area contributed by atoms with E-state index in [0.29, 0.717) is 0 Å². The van der Waals surface area contributed by atoms with Crippen LogP contribution < -0.4 is 0 Å². The Morgan fingerprint density at radius 2 is 2.00 bits per heavy atom. The smallest absolute Gasteiger partial charge is 0.305 e. The van der Waals surface area contributed by atoms with Crippen LogP contribution >= 0.6 is 0 Å². The number of furan rings is 1. The monoisotopic (exact) mass is 296 g/mol. The number of aliphatic carboxylic acids is 1. The van der Waals surface area contributed by atoms with Gasteiger partial charge in [-0.25, -0.2) is 0 Å². The van der Waals surface area contributed by atoms with Crippen molar-refractivity contribution in [1.82, 2.24) is 9.80 Å². The molecule has 0 atom stereocenters. The molecule has 0 saturated heterocycles. The van der Waals surface area contributed by atoms with E-state index in [9.17, 15) is 14.4 Å². The fourth-order valence-corrected chi connectivity index (χ4v) is 1.84. The van der Waals surface area contributed by atoms with Crippen molar-refractivity contribution in [2.75, 3.05) is 20.1 Å². The van der Waals surface area contributed by atoms with E-state index >= 15 is 0 Å². The van der Waals surface area contributed by atoms with Crippen LogP contribution in [0.3, 0.4) is 0 Å². The lowest BCUT2D eigenvalue weighted by Gasteiger charge is -2.28. The zero-order valence-corrected chi connectivity index (χ0v) is 12.4. The molecule has 1 rings (SSSR count). The Balaban J connectivity index is 2.63. The molecule has 21 heavy (non-hydrogen) atoms. The first kappa shape index (κ1) is 16.7. The minimum Gasteiger partial charge on any atom is -0.481 e. The lowest BCUT2D eigenvalue weighted by Crippen LogP contribution is -2.45. The molecule has 0 bridgehead atoms. The first-order valence-corrected chi connectivity index (χ1v) is 6.63. The van der Waals surface area contributed by atoms with Crippen LogP contribution in [0.5, 0.6) is 0 Å². The molecule has 0 saturated carbocycles. The number of rotatable bonds is 7. The molecule has 2 amide bonds. The van der Waals surface area contributed by atoms with Crippen molar-refractivity contribution < 1.29 is 23.9 Å². The van der Waals surface area contributed by atoms with Gasteiger partial charge in [-0.15, -0.1) is 0 Å². The van der Waals surface area contributed by atoms with E-state index < -0.39 is 11.9 Å². The largest absolute Gasteiger partial charge is 0.481 e. The van der Waals surface area contributed by atoms with Crippen LogP contribution in [0.15, 0.2) is 22.8 Å². The van der Waals surface area contributed by atoms with E-state index in [0.717, 1.165) is 0 Å². The Labute approximate surface area is 123 Å². The SMILES string of the molecule is CC(C)N(CCC(=O)O)C(=O)CN(C)C(=O)c1ccco1. The highest BCUT2D eigenvalue weighted by atomic mass is 16.4. The third-order valence-corrected chi connectivity index (χ3v) is 2.96. The summed E-state index contributed by atoms with van der Waals surface area (Å²) >= 11 is 0. The van der Waals surface area contributed by atoms with Crippen molar-refractivity contribution in [1.29, 1.82) is 0 Å². The molecule has 116 valence electrons. The fourth-order valence-electron chi connectivity index (χ4n) is 1.84. The Morgan fingerprint density at radius 1 is 1.33 bits per heavy atom. The lowest BCUT2D eigenvalue weighted by molar-refractivity contribution is -0.139. The third kappa shape index (κ3) is 4.94. The van der Waals surface area contributed by atoms with Crippen LogP contribution in [-0.4, -0.2) is 58.9 Å². The van der Waals surface area contributed by atoms with E-state index in [1.807, 2.05) is 0 Å². The average Bonchev–Trinajstić information content (AvgIpc) is 2.90. The number of hydrogen-bond acceptors (Lipinski definition) is 4. The van der Waals surface area contributed by atoms with Crippen molar-refractivity contribution in [2.24, 2.45) is 0 Å². The quantitative estimate of drug-likeness (QED) is 0.812. The van der Waals surface area contributed by atoms with Gasteiger partial charge in [0, 0.05) is 19.6 Å². The normalized spacial score (nSPS) is 10.5. The minimum absolute atomic E-state index is 0.120. The first-order chi connectivity index (χ1) is 9.82. The third-order valence-electron chi connectivity index (χ3n) is 2.96. The molecule has 0 aliphatic heterocycles. The van der Waals surface area contributed by atoms with E-state index in [4.69, 9.17) is 9.52 Å². The van der Waals surface area contributed by atoms with Gasteiger partial charge in [0.15, 0.2) is 5.76 Å². The number of carboxylic acid groups (broad SMARTS) is 1. The fraction of sp³-hybridized carbons (Fsp3) is 0.500.